The molecule has 24 heavy (non-hydrogen) atoms. The summed E-state index contributed by atoms with van der Waals surface area (Å²) in [6, 6.07) is 20.5. The first-order valence-electron chi connectivity index (χ1n) is 7.97. The Bertz CT molecular complexity index is 961. The molecule has 0 unspecified atom stereocenters. The number of hydrogen-bond donors (Lipinski definition) is 0. The molecule has 0 radical (unpaired) electrons. The fourth-order valence-electron chi connectivity index (χ4n) is 3.11. The highest BCUT2D eigenvalue weighted by Gasteiger charge is 2.20. The van der Waals surface area contributed by atoms with Crippen molar-refractivity contribution >= 4 is 39.9 Å². The van der Waals surface area contributed by atoms with Gasteiger partial charge in [0, 0.05) is 6.54 Å². The minimum atomic E-state index is 0.477. The molecule has 3 aromatic carbocycles. The van der Waals surface area contributed by atoms with E-state index in [0.717, 1.165) is 23.4 Å². The van der Waals surface area contributed by atoms with Crippen LogP contribution in [0.4, 0.5) is 5.69 Å². The Morgan fingerprint density at radius 3 is 2.71 bits per heavy atom. The van der Waals surface area contributed by atoms with Crippen LogP contribution < -0.4 is 9.64 Å². The van der Waals surface area contributed by atoms with E-state index in [1.54, 1.807) is 0 Å². The fraction of sp³-hybridized carbons (Fsp3) is 0.0952. The van der Waals surface area contributed by atoms with Gasteiger partial charge in [0.15, 0.2) is 0 Å². The predicted molar refractivity (Wildman–Crippen MR) is 105 cm³/mol. The predicted octanol–water partition coefficient (Wildman–Crippen LogP) is 5.35. The van der Waals surface area contributed by atoms with Gasteiger partial charge >= 0.3 is 0 Å². The van der Waals surface area contributed by atoms with Crippen molar-refractivity contribution in [1.82, 2.24) is 0 Å². The molecule has 1 heterocycles. The van der Waals surface area contributed by atoms with Gasteiger partial charge in [-0.1, -0.05) is 60.7 Å². The normalized spacial score (nSPS) is 13.0. The summed E-state index contributed by atoms with van der Waals surface area (Å²) >= 11 is 5.58. The molecule has 0 saturated carbocycles. The molecule has 4 rings (SSSR count). The van der Waals surface area contributed by atoms with Gasteiger partial charge in [-0.25, -0.2) is 0 Å². The lowest BCUT2D eigenvalue weighted by molar-refractivity contribution is 0.550. The molecule has 0 N–H and O–H groups in total. The zero-order valence-electron chi connectivity index (χ0n) is 13.4. The summed E-state index contributed by atoms with van der Waals surface area (Å²) in [5.41, 5.74) is 3.50. The highest BCUT2D eigenvalue weighted by atomic mass is 32.1. The number of hydrogen-bond acceptors (Lipinski definition) is 2. The number of aryl methyl sites for hydroxylation is 1. The first kappa shape index (κ1) is 14.9. The van der Waals surface area contributed by atoms with Crippen molar-refractivity contribution in [3.63, 3.8) is 0 Å². The summed E-state index contributed by atoms with van der Waals surface area (Å²) in [5.74, 6) is 0.767. The van der Waals surface area contributed by atoms with Gasteiger partial charge in [-0.05, 0) is 53.2 Å². The second kappa shape index (κ2) is 6.10. The van der Waals surface area contributed by atoms with Crippen LogP contribution in [0.3, 0.4) is 0 Å². The molecule has 0 saturated heterocycles. The summed E-state index contributed by atoms with van der Waals surface area (Å²) in [6.07, 6.45) is 4.25. The number of para-hydroxylation sites is 1. The van der Waals surface area contributed by atoms with Crippen molar-refractivity contribution in [1.29, 1.82) is 0 Å². The lowest BCUT2D eigenvalue weighted by Crippen LogP contribution is -2.35. The third kappa shape index (κ3) is 2.68. The van der Waals surface area contributed by atoms with Gasteiger partial charge in [-0.15, -0.1) is 0 Å². The van der Waals surface area contributed by atoms with Crippen molar-refractivity contribution in [2.45, 2.75) is 6.92 Å². The fourth-order valence-corrected chi connectivity index (χ4v) is 3.38. The van der Waals surface area contributed by atoms with E-state index in [1.165, 1.54) is 16.5 Å². The molecule has 3 heteroatoms. The van der Waals surface area contributed by atoms with Crippen LogP contribution in [-0.4, -0.2) is 11.7 Å². The third-order valence-corrected chi connectivity index (χ3v) is 4.57. The number of nitrogens with zero attached hydrogens (tertiary/aromatic N) is 1. The van der Waals surface area contributed by atoms with Gasteiger partial charge in [0.05, 0.1) is 5.69 Å². The van der Waals surface area contributed by atoms with E-state index in [9.17, 15) is 0 Å². The Morgan fingerprint density at radius 2 is 1.83 bits per heavy atom. The number of thiocarbonyl (C=S) groups is 1. The van der Waals surface area contributed by atoms with Gasteiger partial charge < -0.3 is 4.74 Å². The first-order chi connectivity index (χ1) is 11.7. The van der Waals surface area contributed by atoms with Gasteiger partial charge in [-0.3, -0.25) is 4.90 Å². The maximum absolute atomic E-state index is 6.00. The monoisotopic (exact) mass is 331 g/mol. The molecular formula is C21H17NOS. The number of ether oxygens (including phenoxy) is 1. The second-order valence-electron chi connectivity index (χ2n) is 5.90. The van der Waals surface area contributed by atoms with E-state index in [-0.39, 0.29) is 0 Å². The topological polar surface area (TPSA) is 12.5 Å². The van der Waals surface area contributed by atoms with Gasteiger partial charge in [-0.2, -0.15) is 0 Å². The minimum absolute atomic E-state index is 0.477. The summed E-state index contributed by atoms with van der Waals surface area (Å²) in [7, 11) is 0. The van der Waals surface area contributed by atoms with Crippen LogP contribution in [0, 0.1) is 6.92 Å². The van der Waals surface area contributed by atoms with Crippen molar-refractivity contribution in [2.24, 2.45) is 0 Å². The largest absolute Gasteiger partial charge is 0.432 e. The van der Waals surface area contributed by atoms with E-state index in [0.29, 0.717) is 5.17 Å². The van der Waals surface area contributed by atoms with E-state index < -0.39 is 0 Å². The van der Waals surface area contributed by atoms with Crippen LogP contribution in [0.1, 0.15) is 11.1 Å². The average molecular weight is 331 g/mol. The smallest absolute Gasteiger partial charge is 0.269 e. The molecule has 1 aliphatic rings. The Balaban J connectivity index is 1.64. The van der Waals surface area contributed by atoms with E-state index in [4.69, 9.17) is 17.0 Å². The van der Waals surface area contributed by atoms with E-state index in [2.05, 4.69) is 60.4 Å². The number of anilines is 1. The van der Waals surface area contributed by atoms with Crippen molar-refractivity contribution < 1.29 is 4.74 Å². The van der Waals surface area contributed by atoms with Crippen LogP contribution in [0.15, 0.2) is 66.7 Å². The van der Waals surface area contributed by atoms with Gasteiger partial charge in [0.25, 0.3) is 5.17 Å². The summed E-state index contributed by atoms with van der Waals surface area (Å²) < 4.78 is 6.00. The summed E-state index contributed by atoms with van der Waals surface area (Å²) in [5, 5.41) is 2.82. The van der Waals surface area contributed by atoms with E-state index in [1.807, 2.05) is 24.3 Å². The zero-order chi connectivity index (χ0) is 16.5. The third-order valence-electron chi connectivity index (χ3n) is 4.27. The standard InChI is InChI=1S/C21H17NOS/c1-15-6-4-9-17-10-5-13-22(20(15)17)21(24)23-19-12-11-16-7-2-3-8-18(16)14-19/h2-12,14H,13H2,1H3. The highest BCUT2D eigenvalue weighted by Crippen LogP contribution is 2.30. The number of fused-ring (bicyclic) bond motifs is 2. The summed E-state index contributed by atoms with van der Waals surface area (Å²) in [6.45, 7) is 2.83. The molecule has 1 aliphatic heterocycles. The lowest BCUT2D eigenvalue weighted by Gasteiger charge is -2.29. The first-order valence-corrected chi connectivity index (χ1v) is 8.37. The average Bonchev–Trinajstić information content (AvgIpc) is 2.61. The molecule has 0 fully saturated rings. The molecule has 0 aliphatic carbocycles. The number of benzene rings is 3. The zero-order valence-corrected chi connectivity index (χ0v) is 14.2. The van der Waals surface area contributed by atoms with Crippen LogP contribution in [0.25, 0.3) is 16.8 Å². The second-order valence-corrected chi connectivity index (χ2v) is 6.25. The van der Waals surface area contributed by atoms with E-state index >= 15 is 0 Å². The van der Waals surface area contributed by atoms with Crippen LogP contribution in [-0.2, 0) is 0 Å². The Kier molecular flexibility index (Phi) is 3.79. The van der Waals surface area contributed by atoms with Crippen molar-refractivity contribution in [2.75, 3.05) is 11.4 Å². The van der Waals surface area contributed by atoms with Crippen molar-refractivity contribution in [3.05, 3.63) is 77.9 Å². The minimum Gasteiger partial charge on any atom is -0.432 e. The SMILES string of the molecule is Cc1cccc2c1N(C(=S)Oc1ccc3ccccc3c1)CC=C2. The lowest BCUT2D eigenvalue weighted by atomic mass is 10.0. The molecule has 0 amide bonds. The molecule has 0 bridgehead atoms. The number of rotatable bonds is 1. The molecule has 0 atom stereocenters. The Labute approximate surface area is 147 Å². The quantitative estimate of drug-likeness (QED) is 0.558. The van der Waals surface area contributed by atoms with Gasteiger partial charge in [0.1, 0.15) is 5.75 Å². The molecule has 2 nitrogen and oxygen atoms in total. The van der Waals surface area contributed by atoms with Gasteiger partial charge in [0.2, 0.25) is 0 Å². The molecule has 118 valence electrons. The maximum Gasteiger partial charge on any atom is 0.269 e. The molecule has 0 spiro atoms. The van der Waals surface area contributed by atoms with Crippen LogP contribution in [0.5, 0.6) is 5.75 Å². The molecule has 3 aromatic rings. The maximum atomic E-state index is 6.00. The molecular weight excluding hydrogens is 314 g/mol. The van der Waals surface area contributed by atoms with Crippen LogP contribution >= 0.6 is 12.2 Å². The highest BCUT2D eigenvalue weighted by molar-refractivity contribution is 7.80. The molecule has 0 aromatic heterocycles. The Morgan fingerprint density at radius 1 is 1.00 bits per heavy atom. The van der Waals surface area contributed by atoms with Crippen LogP contribution in [0.2, 0.25) is 0 Å². The van der Waals surface area contributed by atoms with Crippen molar-refractivity contribution in [3.8, 4) is 5.75 Å². The Hall–Kier alpha value is -2.65. The summed E-state index contributed by atoms with van der Waals surface area (Å²) in [4.78, 5) is 2.05.